The van der Waals surface area contributed by atoms with Gasteiger partial charge in [-0.1, -0.05) is 22.9 Å². The quantitative estimate of drug-likeness (QED) is 0.906. The molecule has 0 saturated heterocycles. The summed E-state index contributed by atoms with van der Waals surface area (Å²) in [4.78, 5) is 12.1. The van der Waals surface area contributed by atoms with Gasteiger partial charge in [-0.2, -0.15) is 0 Å². The van der Waals surface area contributed by atoms with Crippen LogP contribution in [-0.4, -0.2) is 20.9 Å². The van der Waals surface area contributed by atoms with Crippen molar-refractivity contribution < 1.29 is 4.79 Å². The molecule has 6 nitrogen and oxygen atoms in total. The monoisotopic (exact) mass is 307 g/mol. The van der Waals surface area contributed by atoms with Gasteiger partial charge in [-0.3, -0.25) is 4.79 Å². The van der Waals surface area contributed by atoms with E-state index in [-0.39, 0.29) is 18.5 Å². The van der Waals surface area contributed by atoms with Crippen LogP contribution in [0, 0.1) is 13.8 Å². The lowest BCUT2D eigenvalue weighted by atomic mass is 10.1. The number of hydrogen-bond acceptors (Lipinski definition) is 4. The number of aryl methyl sites for hydroxylation is 2. The maximum absolute atomic E-state index is 12.1. The smallest absolute Gasteiger partial charge is 0.246 e. The number of aromatic nitrogens is 3. The normalized spacial score (nSPS) is 12.2. The summed E-state index contributed by atoms with van der Waals surface area (Å²) in [6, 6.07) is 3.56. The number of halogens is 1. The Morgan fingerprint density at radius 1 is 1.48 bits per heavy atom. The zero-order chi connectivity index (χ0) is 15.6. The Kier molecular flexibility index (Phi) is 4.59. The Labute approximate surface area is 128 Å². The van der Waals surface area contributed by atoms with Gasteiger partial charge in [0.15, 0.2) is 0 Å². The van der Waals surface area contributed by atoms with Crippen LogP contribution in [0.5, 0.6) is 0 Å². The predicted molar refractivity (Wildman–Crippen MR) is 82.2 cm³/mol. The molecule has 1 heterocycles. The number of carbonyl (C=O) groups is 1. The Hall–Kier alpha value is -1.92. The van der Waals surface area contributed by atoms with E-state index in [1.807, 2.05) is 32.9 Å². The number of nitrogens with zero attached hydrogens (tertiary/aromatic N) is 3. The molecule has 1 aromatic carbocycles. The number of nitrogens with two attached hydrogens (primary N) is 1. The molecule has 3 N–H and O–H groups in total. The Balaban J connectivity index is 2.08. The van der Waals surface area contributed by atoms with E-state index in [0.717, 1.165) is 11.1 Å². The molecule has 112 valence electrons. The maximum Gasteiger partial charge on any atom is 0.246 e. The van der Waals surface area contributed by atoms with E-state index >= 15 is 0 Å². The zero-order valence-corrected chi connectivity index (χ0v) is 13.0. The van der Waals surface area contributed by atoms with Crippen LogP contribution in [0.15, 0.2) is 18.3 Å². The largest absolute Gasteiger partial charge is 0.323 e. The van der Waals surface area contributed by atoms with E-state index in [0.29, 0.717) is 16.4 Å². The minimum Gasteiger partial charge on any atom is -0.323 e. The number of carbonyl (C=O) groups excluding carboxylic acids is 1. The van der Waals surface area contributed by atoms with E-state index in [9.17, 15) is 4.79 Å². The molecule has 1 unspecified atom stereocenters. The highest BCUT2D eigenvalue weighted by atomic mass is 35.5. The van der Waals surface area contributed by atoms with Crippen molar-refractivity contribution in [3.63, 3.8) is 0 Å². The highest BCUT2D eigenvalue weighted by Crippen LogP contribution is 2.27. The van der Waals surface area contributed by atoms with Crippen LogP contribution in [-0.2, 0) is 11.3 Å². The van der Waals surface area contributed by atoms with Crippen LogP contribution in [0.1, 0.15) is 29.8 Å². The summed E-state index contributed by atoms with van der Waals surface area (Å²) in [7, 11) is 0. The molecule has 0 aliphatic heterocycles. The molecule has 0 radical (unpaired) electrons. The molecule has 0 bridgehead atoms. The molecule has 0 fully saturated rings. The first-order valence-corrected chi connectivity index (χ1v) is 6.97. The van der Waals surface area contributed by atoms with Gasteiger partial charge in [-0.25, -0.2) is 4.68 Å². The molecule has 2 rings (SSSR count). The van der Waals surface area contributed by atoms with Crippen molar-refractivity contribution in [2.24, 2.45) is 5.73 Å². The Morgan fingerprint density at radius 3 is 2.76 bits per heavy atom. The summed E-state index contributed by atoms with van der Waals surface area (Å²) in [5.41, 5.74) is 8.94. The number of rotatable bonds is 4. The van der Waals surface area contributed by atoms with Gasteiger partial charge in [0.25, 0.3) is 0 Å². The fourth-order valence-electron chi connectivity index (χ4n) is 2.00. The molecule has 0 aliphatic carbocycles. The fraction of sp³-hybridized carbons (Fsp3) is 0.357. The predicted octanol–water partition coefficient (Wildman–Crippen LogP) is 2.21. The average Bonchev–Trinajstić information content (AvgIpc) is 2.82. The standard InChI is InChI=1S/C14H18ClN5O/c1-8-4-9(2)14(11(15)5-8)17-13(21)7-20-6-12(10(3)16)18-19-20/h4-6,10H,7,16H2,1-3H3,(H,17,21). The van der Waals surface area contributed by atoms with Crippen LogP contribution in [0.3, 0.4) is 0 Å². The van der Waals surface area contributed by atoms with Gasteiger partial charge in [-0.05, 0) is 38.0 Å². The average molecular weight is 308 g/mol. The second-order valence-electron chi connectivity index (χ2n) is 5.12. The van der Waals surface area contributed by atoms with Crippen molar-refractivity contribution >= 4 is 23.2 Å². The molecule has 2 aromatic rings. The van der Waals surface area contributed by atoms with Gasteiger partial charge in [-0.15, -0.1) is 5.10 Å². The molecule has 1 aromatic heterocycles. The van der Waals surface area contributed by atoms with Gasteiger partial charge in [0.1, 0.15) is 6.54 Å². The van der Waals surface area contributed by atoms with Crippen LogP contribution in [0.25, 0.3) is 0 Å². The number of anilines is 1. The lowest BCUT2D eigenvalue weighted by Crippen LogP contribution is -2.20. The Bertz CT molecular complexity index is 642. The van der Waals surface area contributed by atoms with Crippen LogP contribution in [0.2, 0.25) is 5.02 Å². The van der Waals surface area contributed by atoms with Crippen LogP contribution < -0.4 is 11.1 Å². The van der Waals surface area contributed by atoms with Gasteiger partial charge in [0, 0.05) is 6.04 Å². The summed E-state index contributed by atoms with van der Waals surface area (Å²) in [5, 5.41) is 11.1. The number of benzene rings is 1. The van der Waals surface area contributed by atoms with Crippen LogP contribution >= 0.6 is 11.6 Å². The fourth-order valence-corrected chi connectivity index (χ4v) is 2.37. The zero-order valence-electron chi connectivity index (χ0n) is 12.2. The summed E-state index contributed by atoms with van der Waals surface area (Å²) in [6.45, 7) is 5.72. The topological polar surface area (TPSA) is 85.8 Å². The van der Waals surface area contributed by atoms with Gasteiger partial charge in [0.2, 0.25) is 5.91 Å². The number of amides is 1. The minimum atomic E-state index is -0.218. The van der Waals surface area contributed by atoms with Gasteiger partial charge in [0.05, 0.1) is 22.6 Å². The molecular weight excluding hydrogens is 290 g/mol. The van der Waals surface area contributed by atoms with Gasteiger partial charge < -0.3 is 11.1 Å². The lowest BCUT2D eigenvalue weighted by molar-refractivity contribution is -0.116. The third kappa shape index (κ3) is 3.80. The first kappa shape index (κ1) is 15.5. The van der Waals surface area contributed by atoms with E-state index in [2.05, 4.69) is 15.6 Å². The maximum atomic E-state index is 12.1. The third-order valence-electron chi connectivity index (χ3n) is 3.02. The molecular formula is C14H18ClN5O. The highest BCUT2D eigenvalue weighted by molar-refractivity contribution is 6.34. The van der Waals surface area contributed by atoms with E-state index < -0.39 is 0 Å². The SMILES string of the molecule is Cc1cc(C)c(NC(=O)Cn2cc(C(C)N)nn2)c(Cl)c1. The van der Waals surface area contributed by atoms with E-state index in [1.54, 1.807) is 6.20 Å². The van der Waals surface area contributed by atoms with Gasteiger partial charge >= 0.3 is 0 Å². The first-order valence-electron chi connectivity index (χ1n) is 6.59. The number of hydrogen-bond donors (Lipinski definition) is 2. The molecule has 1 atom stereocenters. The van der Waals surface area contributed by atoms with Crippen molar-refractivity contribution in [3.05, 3.63) is 40.2 Å². The third-order valence-corrected chi connectivity index (χ3v) is 3.32. The van der Waals surface area contributed by atoms with Crippen molar-refractivity contribution in [2.75, 3.05) is 5.32 Å². The second-order valence-corrected chi connectivity index (χ2v) is 5.52. The molecule has 1 amide bonds. The minimum absolute atomic E-state index is 0.0589. The molecule has 21 heavy (non-hydrogen) atoms. The van der Waals surface area contributed by atoms with Crippen molar-refractivity contribution in [1.82, 2.24) is 15.0 Å². The Morgan fingerprint density at radius 2 is 2.19 bits per heavy atom. The van der Waals surface area contributed by atoms with E-state index in [4.69, 9.17) is 17.3 Å². The summed E-state index contributed by atoms with van der Waals surface area (Å²) in [6.07, 6.45) is 1.66. The van der Waals surface area contributed by atoms with Crippen molar-refractivity contribution in [2.45, 2.75) is 33.4 Å². The summed E-state index contributed by atoms with van der Waals surface area (Å²) >= 11 is 6.16. The molecule has 0 spiro atoms. The van der Waals surface area contributed by atoms with Crippen LogP contribution in [0.4, 0.5) is 5.69 Å². The molecule has 7 heteroatoms. The number of nitrogens with one attached hydrogen (secondary N) is 1. The van der Waals surface area contributed by atoms with Crippen molar-refractivity contribution in [1.29, 1.82) is 0 Å². The summed E-state index contributed by atoms with van der Waals surface area (Å²) < 4.78 is 1.45. The first-order chi connectivity index (χ1) is 9.86. The summed E-state index contributed by atoms with van der Waals surface area (Å²) in [5.74, 6) is -0.218. The molecule has 0 aliphatic rings. The lowest BCUT2D eigenvalue weighted by Gasteiger charge is -2.11. The highest BCUT2D eigenvalue weighted by Gasteiger charge is 2.12. The second kappa shape index (κ2) is 6.24. The molecule has 0 saturated carbocycles. The van der Waals surface area contributed by atoms with E-state index in [1.165, 1.54) is 4.68 Å². The van der Waals surface area contributed by atoms with Crippen molar-refractivity contribution in [3.8, 4) is 0 Å².